The van der Waals surface area contributed by atoms with Gasteiger partial charge in [-0.3, -0.25) is 4.79 Å². The number of rotatable bonds is 2. The molecule has 4 rings (SSSR count). The first-order chi connectivity index (χ1) is 11.2. The quantitative estimate of drug-likeness (QED) is 0.880. The van der Waals surface area contributed by atoms with Crippen LogP contribution in [0.15, 0.2) is 24.3 Å². The average Bonchev–Trinajstić information content (AvgIpc) is 2.54. The van der Waals surface area contributed by atoms with E-state index in [0.29, 0.717) is 24.5 Å². The highest BCUT2D eigenvalue weighted by Crippen LogP contribution is 2.42. The molecule has 1 heterocycles. The minimum Gasteiger partial charge on any atom is -0.491 e. The SMILES string of the molecule is NC1C2CCCC1CC(C(=O)NC1COc3ccccc3C1)C2. The van der Waals surface area contributed by atoms with Crippen LogP contribution in [0, 0.1) is 17.8 Å². The first kappa shape index (κ1) is 15.0. The summed E-state index contributed by atoms with van der Waals surface area (Å²) in [4.78, 5) is 12.7. The van der Waals surface area contributed by atoms with E-state index in [4.69, 9.17) is 10.5 Å². The van der Waals surface area contributed by atoms with Gasteiger partial charge in [-0.25, -0.2) is 0 Å². The van der Waals surface area contributed by atoms with Crippen LogP contribution in [-0.2, 0) is 11.2 Å². The second kappa shape index (κ2) is 6.16. The summed E-state index contributed by atoms with van der Waals surface area (Å²) in [7, 11) is 0. The van der Waals surface area contributed by atoms with Crippen molar-refractivity contribution in [3.05, 3.63) is 29.8 Å². The van der Waals surface area contributed by atoms with Crippen LogP contribution in [0.4, 0.5) is 0 Å². The van der Waals surface area contributed by atoms with Gasteiger partial charge in [-0.2, -0.15) is 0 Å². The molecule has 1 aliphatic heterocycles. The lowest BCUT2D eigenvalue weighted by Gasteiger charge is -2.43. The van der Waals surface area contributed by atoms with E-state index < -0.39 is 0 Å². The molecule has 2 fully saturated rings. The molecular formula is C19H26N2O2. The maximum atomic E-state index is 12.7. The fourth-order valence-electron chi connectivity index (χ4n) is 4.74. The average molecular weight is 314 g/mol. The number of para-hydroxylation sites is 1. The minimum absolute atomic E-state index is 0.0906. The zero-order valence-electron chi connectivity index (χ0n) is 13.5. The molecule has 2 saturated carbocycles. The molecule has 1 aromatic rings. The number of hydrogen-bond acceptors (Lipinski definition) is 3. The van der Waals surface area contributed by atoms with E-state index in [2.05, 4.69) is 11.4 Å². The Morgan fingerprint density at radius 2 is 1.91 bits per heavy atom. The molecule has 3 atom stereocenters. The molecule has 0 saturated heterocycles. The van der Waals surface area contributed by atoms with Gasteiger partial charge in [0.25, 0.3) is 0 Å². The molecule has 4 heteroatoms. The number of benzene rings is 1. The summed E-state index contributed by atoms with van der Waals surface area (Å²) in [5.41, 5.74) is 7.52. The van der Waals surface area contributed by atoms with E-state index >= 15 is 0 Å². The third-order valence-electron chi connectivity index (χ3n) is 6.01. The van der Waals surface area contributed by atoms with Crippen LogP contribution >= 0.6 is 0 Å². The third kappa shape index (κ3) is 2.97. The molecule has 3 unspecified atom stereocenters. The van der Waals surface area contributed by atoms with Crippen LogP contribution in [0.1, 0.15) is 37.7 Å². The van der Waals surface area contributed by atoms with Crippen LogP contribution in [0.2, 0.25) is 0 Å². The number of ether oxygens (including phenoxy) is 1. The van der Waals surface area contributed by atoms with Gasteiger partial charge in [0.2, 0.25) is 5.91 Å². The highest BCUT2D eigenvalue weighted by molar-refractivity contribution is 5.79. The summed E-state index contributed by atoms with van der Waals surface area (Å²) in [6.45, 7) is 0.571. The van der Waals surface area contributed by atoms with Gasteiger partial charge in [0.05, 0.1) is 6.04 Å². The Kier molecular flexibility index (Phi) is 4.02. The van der Waals surface area contributed by atoms with Gasteiger partial charge >= 0.3 is 0 Å². The number of fused-ring (bicyclic) bond motifs is 3. The number of carbonyl (C=O) groups excluding carboxylic acids is 1. The van der Waals surface area contributed by atoms with Crippen LogP contribution < -0.4 is 15.8 Å². The van der Waals surface area contributed by atoms with Crippen LogP contribution in [0.3, 0.4) is 0 Å². The summed E-state index contributed by atoms with van der Waals surface area (Å²) in [5.74, 6) is 2.39. The molecule has 23 heavy (non-hydrogen) atoms. The van der Waals surface area contributed by atoms with Crippen molar-refractivity contribution >= 4 is 5.91 Å². The standard InChI is InChI=1S/C19H26N2O2/c20-18-13-5-3-6-14(18)9-15(8-13)19(22)21-16-10-12-4-1-2-7-17(12)23-11-16/h1-2,4,7,13-16,18H,3,5-6,8-11,20H2,(H,21,22). The molecule has 3 N–H and O–H groups in total. The number of nitrogens with two attached hydrogens (primary N) is 1. The highest BCUT2D eigenvalue weighted by atomic mass is 16.5. The number of hydrogen-bond donors (Lipinski definition) is 2. The normalized spacial score (nSPS) is 35.8. The molecule has 124 valence electrons. The highest BCUT2D eigenvalue weighted by Gasteiger charge is 2.40. The maximum absolute atomic E-state index is 12.7. The zero-order chi connectivity index (χ0) is 15.8. The summed E-state index contributed by atoms with van der Waals surface area (Å²) >= 11 is 0. The summed E-state index contributed by atoms with van der Waals surface area (Å²) < 4.78 is 5.78. The zero-order valence-corrected chi connectivity index (χ0v) is 13.5. The second-order valence-corrected chi connectivity index (χ2v) is 7.53. The molecule has 1 amide bonds. The first-order valence-electron chi connectivity index (χ1n) is 8.97. The van der Waals surface area contributed by atoms with Crippen molar-refractivity contribution in [2.24, 2.45) is 23.5 Å². The topological polar surface area (TPSA) is 64.4 Å². The number of amides is 1. The lowest BCUT2D eigenvalue weighted by atomic mass is 9.65. The molecule has 0 aromatic heterocycles. The third-order valence-corrected chi connectivity index (χ3v) is 6.01. The molecule has 0 spiro atoms. The Labute approximate surface area is 137 Å². The fraction of sp³-hybridized carbons (Fsp3) is 0.632. The predicted octanol–water partition coefficient (Wildman–Crippen LogP) is 2.26. The largest absolute Gasteiger partial charge is 0.491 e. The summed E-state index contributed by atoms with van der Waals surface area (Å²) in [6, 6.07) is 8.50. The van der Waals surface area contributed by atoms with Crippen molar-refractivity contribution in [3.8, 4) is 5.75 Å². The Morgan fingerprint density at radius 3 is 2.70 bits per heavy atom. The van der Waals surface area contributed by atoms with E-state index in [1.54, 1.807) is 0 Å². The van der Waals surface area contributed by atoms with Crippen molar-refractivity contribution in [3.63, 3.8) is 0 Å². The van der Waals surface area contributed by atoms with Gasteiger partial charge in [-0.1, -0.05) is 24.6 Å². The van der Waals surface area contributed by atoms with Crippen molar-refractivity contribution in [2.75, 3.05) is 6.61 Å². The van der Waals surface area contributed by atoms with Gasteiger partial charge in [-0.05, 0) is 55.6 Å². The molecule has 2 bridgehead atoms. The van der Waals surface area contributed by atoms with Crippen molar-refractivity contribution in [1.29, 1.82) is 0 Å². The Bertz CT molecular complexity index is 574. The summed E-state index contributed by atoms with van der Waals surface area (Å²) in [6.07, 6.45) is 6.47. The van der Waals surface area contributed by atoms with E-state index in [1.165, 1.54) is 24.8 Å². The smallest absolute Gasteiger partial charge is 0.223 e. The molecular weight excluding hydrogens is 288 g/mol. The van der Waals surface area contributed by atoms with Crippen LogP contribution in [-0.4, -0.2) is 24.6 Å². The van der Waals surface area contributed by atoms with E-state index in [0.717, 1.165) is 25.0 Å². The lowest BCUT2D eigenvalue weighted by molar-refractivity contribution is -0.129. The molecule has 3 aliphatic rings. The van der Waals surface area contributed by atoms with Gasteiger partial charge in [0.15, 0.2) is 0 Å². The lowest BCUT2D eigenvalue weighted by Crippen LogP contribution is -2.51. The molecule has 1 aromatic carbocycles. The monoisotopic (exact) mass is 314 g/mol. The Morgan fingerprint density at radius 1 is 1.17 bits per heavy atom. The summed E-state index contributed by atoms with van der Waals surface area (Å²) in [5, 5.41) is 3.23. The maximum Gasteiger partial charge on any atom is 0.223 e. The number of carbonyl (C=O) groups is 1. The minimum atomic E-state index is 0.0906. The fourth-order valence-corrected chi connectivity index (χ4v) is 4.74. The Hall–Kier alpha value is -1.55. The molecule has 4 nitrogen and oxygen atoms in total. The second-order valence-electron chi connectivity index (χ2n) is 7.53. The first-order valence-corrected chi connectivity index (χ1v) is 8.97. The predicted molar refractivity (Wildman–Crippen MR) is 89.1 cm³/mol. The number of nitrogens with one attached hydrogen (secondary N) is 1. The van der Waals surface area contributed by atoms with Crippen molar-refractivity contribution in [2.45, 2.75) is 50.6 Å². The van der Waals surface area contributed by atoms with Gasteiger partial charge in [-0.15, -0.1) is 0 Å². The van der Waals surface area contributed by atoms with Gasteiger partial charge in [0.1, 0.15) is 12.4 Å². The van der Waals surface area contributed by atoms with E-state index in [-0.39, 0.29) is 17.9 Å². The van der Waals surface area contributed by atoms with Gasteiger partial charge < -0.3 is 15.8 Å². The van der Waals surface area contributed by atoms with E-state index in [1.807, 2.05) is 18.2 Å². The van der Waals surface area contributed by atoms with E-state index in [9.17, 15) is 4.79 Å². The van der Waals surface area contributed by atoms with Gasteiger partial charge in [0, 0.05) is 12.0 Å². The van der Waals surface area contributed by atoms with Crippen molar-refractivity contribution < 1.29 is 9.53 Å². The molecule has 2 aliphatic carbocycles. The molecule has 0 radical (unpaired) electrons. The van der Waals surface area contributed by atoms with Crippen molar-refractivity contribution in [1.82, 2.24) is 5.32 Å². The van der Waals surface area contributed by atoms with Crippen LogP contribution in [0.25, 0.3) is 0 Å². The van der Waals surface area contributed by atoms with Crippen LogP contribution in [0.5, 0.6) is 5.75 Å². The Balaban J connectivity index is 1.37.